The van der Waals surface area contributed by atoms with Crippen molar-refractivity contribution in [3.63, 3.8) is 0 Å². The zero-order valence-corrected chi connectivity index (χ0v) is 11.0. The van der Waals surface area contributed by atoms with E-state index in [4.69, 9.17) is 0 Å². The Hall–Kier alpha value is -0.900. The molecule has 1 aromatic rings. The van der Waals surface area contributed by atoms with Gasteiger partial charge in [0.05, 0.1) is 11.7 Å². The first-order chi connectivity index (χ1) is 8.90. The summed E-state index contributed by atoms with van der Waals surface area (Å²) < 4.78 is 2.14. The third-order valence-electron chi connectivity index (χ3n) is 4.93. The number of likely N-dealkylation sites (tertiary alicyclic amines) is 1. The molecule has 1 unspecified atom stereocenters. The fourth-order valence-electron chi connectivity index (χ4n) is 3.62. The van der Waals surface area contributed by atoms with E-state index < -0.39 is 0 Å². The standard InChI is InChI=1S/C14H22N4/c1-2-4-12(3-1)17-8-7-13(9-17)18-10-14(15-16-18)11-5-6-11/h10-13H,1-9H2. The molecule has 2 aliphatic carbocycles. The van der Waals surface area contributed by atoms with Crippen LogP contribution in [0.25, 0.3) is 0 Å². The van der Waals surface area contributed by atoms with Gasteiger partial charge in [-0.25, -0.2) is 4.68 Å². The van der Waals surface area contributed by atoms with E-state index in [1.807, 2.05) is 0 Å². The van der Waals surface area contributed by atoms with Crippen molar-refractivity contribution in [2.24, 2.45) is 0 Å². The van der Waals surface area contributed by atoms with Crippen molar-refractivity contribution in [1.82, 2.24) is 19.9 Å². The SMILES string of the molecule is c1c(C2CC2)nnn1C1CCN(C2CCCC2)C1. The van der Waals surface area contributed by atoms with Gasteiger partial charge in [0.15, 0.2) is 0 Å². The van der Waals surface area contributed by atoms with Crippen LogP contribution in [0.15, 0.2) is 6.20 Å². The number of rotatable bonds is 3. The van der Waals surface area contributed by atoms with E-state index in [1.54, 1.807) is 0 Å². The molecule has 2 heterocycles. The normalized spacial score (nSPS) is 30.3. The Morgan fingerprint density at radius 3 is 2.61 bits per heavy atom. The molecule has 0 spiro atoms. The second kappa shape index (κ2) is 4.34. The maximum atomic E-state index is 4.36. The Bertz CT molecular complexity index is 417. The predicted octanol–water partition coefficient (Wildman–Crippen LogP) is 2.34. The number of hydrogen-bond acceptors (Lipinski definition) is 3. The monoisotopic (exact) mass is 246 g/mol. The molecule has 0 radical (unpaired) electrons. The topological polar surface area (TPSA) is 34.0 Å². The lowest BCUT2D eigenvalue weighted by molar-refractivity contribution is 0.235. The van der Waals surface area contributed by atoms with E-state index >= 15 is 0 Å². The van der Waals surface area contributed by atoms with Gasteiger partial charge in [-0.1, -0.05) is 18.1 Å². The van der Waals surface area contributed by atoms with Gasteiger partial charge in [0, 0.05) is 31.2 Å². The summed E-state index contributed by atoms with van der Waals surface area (Å²) in [6.45, 7) is 2.45. The van der Waals surface area contributed by atoms with Gasteiger partial charge in [0.1, 0.15) is 0 Å². The summed E-state index contributed by atoms with van der Waals surface area (Å²) in [7, 11) is 0. The van der Waals surface area contributed by atoms with Crippen molar-refractivity contribution in [3.8, 4) is 0 Å². The summed E-state index contributed by atoms with van der Waals surface area (Å²) in [6.07, 6.45) is 11.8. The first-order valence-electron chi connectivity index (χ1n) is 7.56. The van der Waals surface area contributed by atoms with Crippen LogP contribution < -0.4 is 0 Å². The van der Waals surface area contributed by atoms with Crippen LogP contribution >= 0.6 is 0 Å². The van der Waals surface area contributed by atoms with E-state index in [0.717, 1.165) is 12.0 Å². The highest BCUT2D eigenvalue weighted by atomic mass is 15.4. The fraction of sp³-hybridized carbons (Fsp3) is 0.857. The van der Waals surface area contributed by atoms with Crippen LogP contribution in [0, 0.1) is 0 Å². The van der Waals surface area contributed by atoms with Crippen molar-refractivity contribution >= 4 is 0 Å². The highest BCUT2D eigenvalue weighted by molar-refractivity contribution is 5.09. The van der Waals surface area contributed by atoms with Gasteiger partial charge in [0.25, 0.3) is 0 Å². The summed E-state index contributed by atoms with van der Waals surface area (Å²) in [6, 6.07) is 1.44. The van der Waals surface area contributed by atoms with Crippen LogP contribution in [0.3, 0.4) is 0 Å². The summed E-state index contributed by atoms with van der Waals surface area (Å²) in [4.78, 5) is 2.69. The molecule has 0 bridgehead atoms. The molecule has 98 valence electrons. The zero-order valence-electron chi connectivity index (χ0n) is 11.0. The summed E-state index contributed by atoms with van der Waals surface area (Å²) in [5, 5.41) is 8.70. The molecule has 4 rings (SSSR count). The Kier molecular flexibility index (Phi) is 2.64. The fourth-order valence-corrected chi connectivity index (χ4v) is 3.62. The molecule has 0 aromatic carbocycles. The van der Waals surface area contributed by atoms with Crippen molar-refractivity contribution in [3.05, 3.63) is 11.9 Å². The van der Waals surface area contributed by atoms with Gasteiger partial charge < -0.3 is 0 Å². The van der Waals surface area contributed by atoms with Crippen LogP contribution in [0.2, 0.25) is 0 Å². The molecule has 1 aromatic heterocycles. The van der Waals surface area contributed by atoms with Crippen molar-refractivity contribution in [2.75, 3.05) is 13.1 Å². The smallest absolute Gasteiger partial charge is 0.0858 e. The van der Waals surface area contributed by atoms with E-state index in [-0.39, 0.29) is 0 Å². The predicted molar refractivity (Wildman–Crippen MR) is 69.5 cm³/mol. The summed E-state index contributed by atoms with van der Waals surface area (Å²) in [5.74, 6) is 0.728. The summed E-state index contributed by atoms with van der Waals surface area (Å²) >= 11 is 0. The van der Waals surface area contributed by atoms with E-state index in [1.165, 1.54) is 63.7 Å². The largest absolute Gasteiger partial charge is 0.298 e. The van der Waals surface area contributed by atoms with Crippen LogP contribution in [0.1, 0.15) is 62.6 Å². The van der Waals surface area contributed by atoms with E-state index in [9.17, 15) is 0 Å². The highest BCUT2D eigenvalue weighted by Gasteiger charge is 2.32. The van der Waals surface area contributed by atoms with Crippen molar-refractivity contribution in [1.29, 1.82) is 0 Å². The average molecular weight is 246 g/mol. The van der Waals surface area contributed by atoms with Crippen LogP contribution in [-0.4, -0.2) is 39.0 Å². The molecule has 3 aliphatic rings. The molecule has 4 nitrogen and oxygen atoms in total. The highest BCUT2D eigenvalue weighted by Crippen LogP contribution is 2.39. The Balaban J connectivity index is 1.42. The van der Waals surface area contributed by atoms with Gasteiger partial charge in [-0.2, -0.15) is 0 Å². The number of aromatic nitrogens is 3. The van der Waals surface area contributed by atoms with Crippen LogP contribution in [0.4, 0.5) is 0 Å². The lowest BCUT2D eigenvalue weighted by Crippen LogP contribution is -2.31. The minimum Gasteiger partial charge on any atom is -0.298 e. The van der Waals surface area contributed by atoms with Crippen LogP contribution in [-0.2, 0) is 0 Å². The minimum atomic E-state index is 0.575. The van der Waals surface area contributed by atoms with Gasteiger partial charge >= 0.3 is 0 Å². The average Bonchev–Trinajstić information content (AvgIpc) is 2.91. The quantitative estimate of drug-likeness (QED) is 0.821. The molecule has 1 atom stereocenters. The zero-order chi connectivity index (χ0) is 11.9. The van der Waals surface area contributed by atoms with Crippen molar-refractivity contribution in [2.45, 2.75) is 62.9 Å². The molecule has 0 N–H and O–H groups in total. The third-order valence-corrected chi connectivity index (χ3v) is 4.93. The molecule has 18 heavy (non-hydrogen) atoms. The molecule has 3 fully saturated rings. The second-order valence-corrected chi connectivity index (χ2v) is 6.27. The van der Waals surface area contributed by atoms with E-state index in [0.29, 0.717) is 6.04 Å². The molecule has 1 saturated heterocycles. The lowest BCUT2D eigenvalue weighted by atomic mass is 10.2. The van der Waals surface area contributed by atoms with Gasteiger partial charge in [-0.05, 0) is 32.1 Å². The lowest BCUT2D eigenvalue weighted by Gasteiger charge is -2.23. The third kappa shape index (κ3) is 1.96. The van der Waals surface area contributed by atoms with Crippen molar-refractivity contribution < 1.29 is 0 Å². The van der Waals surface area contributed by atoms with Gasteiger partial charge in [0.2, 0.25) is 0 Å². The number of hydrogen-bond donors (Lipinski definition) is 0. The second-order valence-electron chi connectivity index (χ2n) is 6.27. The summed E-state index contributed by atoms with van der Waals surface area (Å²) in [5.41, 5.74) is 1.23. The van der Waals surface area contributed by atoms with Gasteiger partial charge in [-0.3, -0.25) is 4.90 Å². The molecule has 0 amide bonds. The molecule has 1 aliphatic heterocycles. The maximum Gasteiger partial charge on any atom is 0.0858 e. The first kappa shape index (κ1) is 11.0. The Morgan fingerprint density at radius 2 is 1.83 bits per heavy atom. The van der Waals surface area contributed by atoms with Gasteiger partial charge in [-0.15, -0.1) is 5.10 Å². The molecular weight excluding hydrogens is 224 g/mol. The maximum absolute atomic E-state index is 4.36. The Labute approximate surface area is 108 Å². The van der Waals surface area contributed by atoms with Crippen LogP contribution in [0.5, 0.6) is 0 Å². The minimum absolute atomic E-state index is 0.575. The molecule has 4 heteroatoms. The first-order valence-corrected chi connectivity index (χ1v) is 7.56. The molecular formula is C14H22N4. The number of nitrogens with zero attached hydrogens (tertiary/aromatic N) is 4. The molecule has 2 saturated carbocycles. The van der Waals surface area contributed by atoms with E-state index in [2.05, 4.69) is 26.1 Å². The Morgan fingerprint density at radius 1 is 1.00 bits per heavy atom.